The molecule has 0 bridgehead atoms. The van der Waals surface area contributed by atoms with Crippen LogP contribution in [0.15, 0.2) is 64.4 Å². The van der Waals surface area contributed by atoms with Crippen LogP contribution in [0, 0.1) is 5.82 Å². The third-order valence-electron chi connectivity index (χ3n) is 3.62. The van der Waals surface area contributed by atoms with Crippen LogP contribution in [-0.2, 0) is 9.84 Å². The fourth-order valence-electron chi connectivity index (χ4n) is 2.30. The Morgan fingerprint density at radius 3 is 2.20 bits per heavy atom. The van der Waals surface area contributed by atoms with Crippen LogP contribution in [0.1, 0.15) is 0 Å². The highest BCUT2D eigenvalue weighted by Crippen LogP contribution is 2.26. The van der Waals surface area contributed by atoms with E-state index in [1.807, 2.05) is 0 Å². The smallest absolute Gasteiger partial charge is 0.314 e. The third-order valence-corrected chi connectivity index (χ3v) is 4.75. The van der Waals surface area contributed by atoms with Crippen molar-refractivity contribution >= 4 is 9.84 Å². The van der Waals surface area contributed by atoms with Crippen LogP contribution in [0.2, 0.25) is 0 Å². The number of nitrogens with zero attached hydrogens (tertiary/aromatic N) is 2. The van der Waals surface area contributed by atoms with Crippen LogP contribution < -0.4 is 5.56 Å². The molecule has 0 aliphatic rings. The van der Waals surface area contributed by atoms with Crippen molar-refractivity contribution in [3.63, 3.8) is 0 Å². The lowest BCUT2D eigenvalue weighted by Crippen LogP contribution is -2.20. The number of halogens is 1. The quantitative estimate of drug-likeness (QED) is 0.773. The minimum Gasteiger partial charge on any atom is -0.503 e. The highest BCUT2D eigenvalue weighted by atomic mass is 32.2. The molecule has 0 saturated carbocycles. The summed E-state index contributed by atoms with van der Waals surface area (Å²) in [6, 6.07) is 10.8. The molecule has 0 spiro atoms. The average Bonchev–Trinajstić information content (AvgIpc) is 2.58. The summed E-state index contributed by atoms with van der Waals surface area (Å²) in [6.45, 7) is 0. The Labute approximate surface area is 142 Å². The summed E-state index contributed by atoms with van der Waals surface area (Å²) >= 11 is 0. The van der Waals surface area contributed by atoms with Gasteiger partial charge in [0.1, 0.15) is 5.82 Å². The Hall–Kier alpha value is -3.00. The molecule has 128 valence electrons. The zero-order valence-electron chi connectivity index (χ0n) is 13.0. The predicted octanol–water partition coefficient (Wildman–Crippen LogP) is 2.15. The van der Waals surface area contributed by atoms with E-state index in [0.717, 1.165) is 10.9 Å². The van der Waals surface area contributed by atoms with Crippen molar-refractivity contribution in [2.24, 2.45) is 0 Å². The van der Waals surface area contributed by atoms with E-state index in [9.17, 15) is 22.7 Å². The summed E-state index contributed by atoms with van der Waals surface area (Å²) < 4.78 is 36.9. The number of hydrogen-bond acceptors (Lipinski definition) is 5. The van der Waals surface area contributed by atoms with Crippen LogP contribution in [0.3, 0.4) is 0 Å². The number of aromatic nitrogens is 2. The van der Waals surface area contributed by atoms with Gasteiger partial charge in [0.15, 0.2) is 15.6 Å². The van der Waals surface area contributed by atoms with E-state index in [1.54, 1.807) is 0 Å². The van der Waals surface area contributed by atoms with Crippen LogP contribution >= 0.6 is 0 Å². The second-order valence-electron chi connectivity index (χ2n) is 5.40. The summed E-state index contributed by atoms with van der Waals surface area (Å²) in [4.78, 5) is 12.5. The molecule has 0 atom stereocenters. The predicted molar refractivity (Wildman–Crippen MR) is 90.0 cm³/mol. The summed E-state index contributed by atoms with van der Waals surface area (Å²) in [5, 5.41) is 14.2. The Kier molecular flexibility index (Phi) is 4.13. The number of aromatic hydroxyl groups is 1. The SMILES string of the molecule is CS(=O)(=O)c1ccc(-c2cnn(-c3ccc(F)cc3)c(=O)c2O)cc1. The molecule has 6 nitrogen and oxygen atoms in total. The largest absolute Gasteiger partial charge is 0.503 e. The van der Waals surface area contributed by atoms with Gasteiger partial charge in [-0.2, -0.15) is 9.78 Å². The minimum absolute atomic E-state index is 0.128. The van der Waals surface area contributed by atoms with Gasteiger partial charge < -0.3 is 5.11 Å². The van der Waals surface area contributed by atoms with E-state index in [-0.39, 0.29) is 10.5 Å². The number of sulfone groups is 1. The maximum Gasteiger partial charge on any atom is 0.314 e. The molecule has 2 aromatic carbocycles. The second kappa shape index (κ2) is 6.14. The van der Waals surface area contributed by atoms with Crippen molar-refractivity contribution < 1.29 is 17.9 Å². The van der Waals surface area contributed by atoms with Gasteiger partial charge in [0.05, 0.1) is 16.8 Å². The lowest BCUT2D eigenvalue weighted by atomic mass is 10.1. The standard InChI is InChI=1S/C17H13FN2O4S/c1-25(23,24)14-8-2-11(3-9-14)15-10-19-20(17(22)16(15)21)13-6-4-12(18)5-7-13/h2-10,21H,1H3. The zero-order valence-corrected chi connectivity index (χ0v) is 13.9. The zero-order chi connectivity index (χ0) is 18.2. The lowest BCUT2D eigenvalue weighted by molar-refractivity contribution is 0.461. The molecule has 0 saturated heterocycles. The van der Waals surface area contributed by atoms with E-state index >= 15 is 0 Å². The normalized spacial score (nSPS) is 11.4. The van der Waals surface area contributed by atoms with Crippen LogP contribution in [0.5, 0.6) is 5.75 Å². The summed E-state index contributed by atoms with van der Waals surface area (Å²) in [5.74, 6) is -0.991. The molecule has 1 aromatic heterocycles. The van der Waals surface area contributed by atoms with Crippen molar-refractivity contribution in [1.82, 2.24) is 9.78 Å². The molecule has 0 fully saturated rings. The monoisotopic (exact) mass is 360 g/mol. The Balaban J connectivity index is 2.06. The fourth-order valence-corrected chi connectivity index (χ4v) is 2.93. The molecule has 0 aliphatic carbocycles. The first kappa shape index (κ1) is 16.8. The van der Waals surface area contributed by atoms with Crippen molar-refractivity contribution in [3.8, 4) is 22.6 Å². The van der Waals surface area contributed by atoms with E-state index in [1.165, 1.54) is 54.7 Å². The molecule has 1 N–H and O–H groups in total. The van der Waals surface area contributed by atoms with Gasteiger partial charge >= 0.3 is 5.56 Å². The average molecular weight is 360 g/mol. The van der Waals surface area contributed by atoms with Crippen molar-refractivity contribution in [2.45, 2.75) is 4.90 Å². The molecule has 8 heteroatoms. The van der Waals surface area contributed by atoms with Gasteiger partial charge in [0.25, 0.3) is 0 Å². The molecular formula is C17H13FN2O4S. The first-order valence-corrected chi connectivity index (χ1v) is 9.04. The summed E-state index contributed by atoms with van der Waals surface area (Å²) in [6.07, 6.45) is 2.38. The first-order chi connectivity index (χ1) is 11.8. The number of hydrogen-bond donors (Lipinski definition) is 1. The van der Waals surface area contributed by atoms with Crippen LogP contribution in [0.4, 0.5) is 4.39 Å². The van der Waals surface area contributed by atoms with Gasteiger partial charge in [0, 0.05) is 11.8 Å². The fraction of sp³-hybridized carbons (Fsp3) is 0.0588. The molecule has 0 radical (unpaired) electrons. The van der Waals surface area contributed by atoms with E-state index in [0.29, 0.717) is 11.3 Å². The molecule has 3 aromatic rings. The third kappa shape index (κ3) is 3.29. The lowest BCUT2D eigenvalue weighted by Gasteiger charge is -2.09. The molecule has 1 heterocycles. The van der Waals surface area contributed by atoms with Gasteiger partial charge in [-0.3, -0.25) is 4.79 Å². The van der Waals surface area contributed by atoms with E-state index in [4.69, 9.17) is 0 Å². The summed E-state index contributed by atoms with van der Waals surface area (Å²) in [5.41, 5.74) is 0.154. The van der Waals surface area contributed by atoms with Gasteiger partial charge in [-0.1, -0.05) is 12.1 Å². The van der Waals surface area contributed by atoms with E-state index < -0.39 is 27.0 Å². The maximum absolute atomic E-state index is 13.0. The highest BCUT2D eigenvalue weighted by Gasteiger charge is 2.14. The summed E-state index contributed by atoms with van der Waals surface area (Å²) in [7, 11) is -3.34. The second-order valence-corrected chi connectivity index (χ2v) is 7.41. The van der Waals surface area contributed by atoms with Gasteiger partial charge in [-0.15, -0.1) is 0 Å². The molecule has 0 amide bonds. The Bertz CT molecular complexity index is 1090. The maximum atomic E-state index is 13.0. The molecule has 3 rings (SSSR count). The molecule has 0 unspecified atom stereocenters. The van der Waals surface area contributed by atoms with Gasteiger partial charge in [0.2, 0.25) is 0 Å². The molecule has 0 aliphatic heterocycles. The van der Waals surface area contributed by atoms with Crippen molar-refractivity contribution in [3.05, 3.63) is 70.9 Å². The Morgan fingerprint density at radius 2 is 1.64 bits per heavy atom. The van der Waals surface area contributed by atoms with Crippen LogP contribution in [-0.4, -0.2) is 29.6 Å². The van der Waals surface area contributed by atoms with E-state index in [2.05, 4.69) is 5.10 Å². The van der Waals surface area contributed by atoms with Gasteiger partial charge in [-0.25, -0.2) is 12.8 Å². The number of rotatable bonds is 3. The number of benzene rings is 2. The highest BCUT2D eigenvalue weighted by molar-refractivity contribution is 7.90. The molecule has 25 heavy (non-hydrogen) atoms. The van der Waals surface area contributed by atoms with Gasteiger partial charge in [-0.05, 0) is 42.0 Å². The molecular weight excluding hydrogens is 347 g/mol. The van der Waals surface area contributed by atoms with Crippen molar-refractivity contribution in [1.29, 1.82) is 0 Å². The topological polar surface area (TPSA) is 89.3 Å². The minimum atomic E-state index is -3.34. The first-order valence-electron chi connectivity index (χ1n) is 7.15. The van der Waals surface area contributed by atoms with Crippen LogP contribution in [0.25, 0.3) is 16.8 Å². The van der Waals surface area contributed by atoms with Crippen molar-refractivity contribution in [2.75, 3.05) is 6.26 Å². The Morgan fingerprint density at radius 1 is 1.04 bits per heavy atom.